The molecule has 0 aromatic heterocycles. The first-order valence-electron chi connectivity index (χ1n) is 2.36. The van der Waals surface area contributed by atoms with Crippen LogP contribution in [0, 0.1) is 0 Å². The molecule has 1 saturated heterocycles. The number of ether oxygens (including phenoxy) is 2. The molecule has 0 aromatic rings. The van der Waals surface area contributed by atoms with Crippen LogP contribution in [-0.4, -0.2) is 36.0 Å². The summed E-state index contributed by atoms with van der Waals surface area (Å²) in [7, 11) is 0. The average Bonchev–Trinajstić information content (AvgIpc) is 2.14. The minimum Gasteiger partial charge on any atom is -0.393 e. The Hall–Kier alpha value is -0.160. The van der Waals surface area contributed by atoms with E-state index in [1.807, 2.05) is 0 Å². The zero-order valence-electron chi connectivity index (χ0n) is 4.28. The molecule has 0 amide bonds. The Morgan fingerprint density at radius 2 is 2.25 bits per heavy atom. The van der Waals surface area contributed by atoms with Crippen molar-refractivity contribution in [2.45, 2.75) is 12.4 Å². The van der Waals surface area contributed by atoms with Crippen LogP contribution in [0.15, 0.2) is 0 Å². The molecule has 0 bridgehead atoms. The predicted octanol–water partition coefficient (Wildman–Crippen LogP) is -1.33. The molecule has 1 heterocycles. The monoisotopic (exact) mass is 120 g/mol. The lowest BCUT2D eigenvalue weighted by atomic mass is 10.4. The van der Waals surface area contributed by atoms with Crippen molar-refractivity contribution in [1.82, 2.24) is 0 Å². The third-order valence-corrected chi connectivity index (χ3v) is 1.02. The number of rotatable bonds is 1. The molecule has 0 saturated carbocycles. The van der Waals surface area contributed by atoms with Crippen molar-refractivity contribution in [2.75, 3.05) is 13.4 Å². The van der Waals surface area contributed by atoms with Crippen molar-refractivity contribution in [3.8, 4) is 0 Å². The summed E-state index contributed by atoms with van der Waals surface area (Å²) in [6.45, 7) is -0.117. The largest absolute Gasteiger partial charge is 0.393 e. The number of hydrogen-bond acceptors (Lipinski definition) is 4. The van der Waals surface area contributed by atoms with Gasteiger partial charge >= 0.3 is 0 Å². The highest BCUT2D eigenvalue weighted by atomic mass is 16.8. The topological polar surface area (TPSA) is 58.9 Å². The molecule has 4 nitrogen and oxygen atoms in total. The van der Waals surface area contributed by atoms with Gasteiger partial charge in [0.1, 0.15) is 6.10 Å². The van der Waals surface area contributed by atoms with Gasteiger partial charge in [0, 0.05) is 0 Å². The first-order chi connectivity index (χ1) is 3.84. The van der Waals surface area contributed by atoms with Gasteiger partial charge in [-0.15, -0.1) is 0 Å². The Labute approximate surface area is 46.6 Å². The van der Waals surface area contributed by atoms with Gasteiger partial charge in [0.05, 0.1) is 6.61 Å². The fraction of sp³-hybridized carbons (Fsp3) is 1.00. The maximum Gasteiger partial charge on any atom is 0.186 e. The van der Waals surface area contributed by atoms with Crippen molar-refractivity contribution >= 4 is 0 Å². The van der Waals surface area contributed by atoms with Crippen molar-refractivity contribution in [3.63, 3.8) is 0 Å². The van der Waals surface area contributed by atoms with Crippen molar-refractivity contribution in [1.29, 1.82) is 0 Å². The summed E-state index contributed by atoms with van der Waals surface area (Å²) in [6.07, 6.45) is -1.49. The number of aliphatic hydroxyl groups is 2. The molecule has 0 aromatic carbocycles. The SMILES string of the molecule is OCC1OCOC1O. The van der Waals surface area contributed by atoms with Crippen molar-refractivity contribution < 1.29 is 19.7 Å². The maximum absolute atomic E-state index is 8.68. The highest BCUT2D eigenvalue weighted by Crippen LogP contribution is 2.08. The van der Waals surface area contributed by atoms with E-state index in [9.17, 15) is 0 Å². The lowest BCUT2D eigenvalue weighted by Gasteiger charge is -2.05. The standard InChI is InChI=1S/C4H8O4/c5-1-3-4(6)8-2-7-3/h3-6H,1-2H2. The molecule has 0 spiro atoms. The van der Waals surface area contributed by atoms with Crippen LogP contribution in [0.4, 0.5) is 0 Å². The van der Waals surface area contributed by atoms with Gasteiger partial charge in [-0.25, -0.2) is 0 Å². The Bertz CT molecular complexity index is 74.4. The Morgan fingerprint density at radius 3 is 2.50 bits per heavy atom. The lowest BCUT2D eigenvalue weighted by molar-refractivity contribution is -0.0733. The van der Waals surface area contributed by atoms with Crippen LogP contribution in [0.1, 0.15) is 0 Å². The second-order valence-corrected chi connectivity index (χ2v) is 1.56. The van der Waals surface area contributed by atoms with E-state index in [1.165, 1.54) is 0 Å². The molecule has 1 aliphatic heterocycles. The molecule has 0 aliphatic carbocycles. The minimum absolute atomic E-state index is 0.0758. The van der Waals surface area contributed by atoms with Crippen LogP contribution >= 0.6 is 0 Å². The van der Waals surface area contributed by atoms with Gasteiger partial charge in [-0.1, -0.05) is 0 Å². The van der Waals surface area contributed by atoms with Crippen LogP contribution in [0.3, 0.4) is 0 Å². The quantitative estimate of drug-likeness (QED) is 0.450. The van der Waals surface area contributed by atoms with Crippen molar-refractivity contribution in [3.05, 3.63) is 0 Å². The number of aliphatic hydroxyl groups excluding tert-OH is 2. The Kier molecular flexibility index (Phi) is 1.80. The molecule has 2 N–H and O–H groups in total. The summed E-state index contributed by atoms with van der Waals surface area (Å²) in [5.74, 6) is 0. The van der Waals surface area contributed by atoms with Crippen LogP contribution in [-0.2, 0) is 9.47 Å². The van der Waals surface area contributed by atoms with E-state index in [4.69, 9.17) is 14.9 Å². The first-order valence-corrected chi connectivity index (χ1v) is 2.36. The van der Waals surface area contributed by atoms with Gasteiger partial charge < -0.3 is 19.7 Å². The van der Waals surface area contributed by atoms with E-state index >= 15 is 0 Å². The van der Waals surface area contributed by atoms with Gasteiger partial charge in [-0.05, 0) is 0 Å². The normalized spacial score (nSPS) is 38.2. The fourth-order valence-electron chi connectivity index (χ4n) is 0.529. The second-order valence-electron chi connectivity index (χ2n) is 1.56. The molecular formula is C4H8O4. The van der Waals surface area contributed by atoms with E-state index in [0.29, 0.717) is 0 Å². The molecule has 1 rings (SSSR count). The molecule has 1 fully saturated rings. The van der Waals surface area contributed by atoms with Crippen LogP contribution < -0.4 is 0 Å². The molecule has 48 valence electrons. The van der Waals surface area contributed by atoms with Crippen LogP contribution in [0.2, 0.25) is 0 Å². The van der Waals surface area contributed by atoms with Gasteiger partial charge in [0.15, 0.2) is 13.1 Å². The summed E-state index contributed by atoms with van der Waals surface area (Å²) >= 11 is 0. The van der Waals surface area contributed by atoms with Crippen molar-refractivity contribution in [2.24, 2.45) is 0 Å². The maximum atomic E-state index is 8.68. The Balaban J connectivity index is 2.30. The average molecular weight is 120 g/mol. The van der Waals surface area contributed by atoms with Gasteiger partial charge in [0.2, 0.25) is 0 Å². The summed E-state index contributed by atoms with van der Waals surface area (Å²) in [6, 6.07) is 0. The predicted molar refractivity (Wildman–Crippen MR) is 23.9 cm³/mol. The van der Waals surface area contributed by atoms with Gasteiger partial charge in [-0.3, -0.25) is 0 Å². The molecule has 1 aliphatic rings. The Morgan fingerprint density at radius 1 is 1.50 bits per heavy atom. The van der Waals surface area contributed by atoms with Gasteiger partial charge in [0.25, 0.3) is 0 Å². The lowest BCUT2D eigenvalue weighted by Crippen LogP contribution is -2.25. The van der Waals surface area contributed by atoms with E-state index in [0.717, 1.165) is 0 Å². The molecule has 2 unspecified atom stereocenters. The third kappa shape index (κ3) is 0.976. The summed E-state index contributed by atoms with van der Waals surface area (Å²) in [4.78, 5) is 0. The van der Waals surface area contributed by atoms with Crippen LogP contribution in [0.25, 0.3) is 0 Å². The summed E-state index contributed by atoms with van der Waals surface area (Å²) in [5.41, 5.74) is 0. The van der Waals surface area contributed by atoms with E-state index < -0.39 is 12.4 Å². The fourth-order valence-corrected chi connectivity index (χ4v) is 0.529. The summed E-state index contributed by atoms with van der Waals surface area (Å²) < 4.78 is 9.22. The number of hydrogen-bond donors (Lipinski definition) is 2. The zero-order valence-corrected chi connectivity index (χ0v) is 4.28. The summed E-state index contributed by atoms with van der Waals surface area (Å²) in [5, 5.41) is 17.1. The molecule has 8 heavy (non-hydrogen) atoms. The van der Waals surface area contributed by atoms with E-state index in [2.05, 4.69) is 4.74 Å². The smallest absolute Gasteiger partial charge is 0.186 e. The van der Waals surface area contributed by atoms with E-state index in [1.54, 1.807) is 0 Å². The molecule has 2 atom stereocenters. The third-order valence-electron chi connectivity index (χ3n) is 1.02. The molecule has 0 radical (unpaired) electrons. The first kappa shape index (κ1) is 5.97. The highest BCUT2D eigenvalue weighted by molar-refractivity contribution is 4.61. The second kappa shape index (κ2) is 2.41. The van der Waals surface area contributed by atoms with Crippen LogP contribution in [0.5, 0.6) is 0 Å². The minimum atomic E-state index is -0.944. The van der Waals surface area contributed by atoms with E-state index in [-0.39, 0.29) is 13.4 Å². The van der Waals surface area contributed by atoms with Gasteiger partial charge in [-0.2, -0.15) is 0 Å². The molecule has 4 heteroatoms. The molecular weight excluding hydrogens is 112 g/mol. The highest BCUT2D eigenvalue weighted by Gasteiger charge is 2.25. The zero-order chi connectivity index (χ0) is 5.98.